The largest absolute Gasteiger partial charge is 0.354 e. The number of nitrogens with one attached hydrogen (secondary N) is 3. The van der Waals surface area contributed by atoms with Crippen molar-refractivity contribution in [1.82, 2.24) is 15.3 Å². The van der Waals surface area contributed by atoms with Crippen LogP contribution in [0.5, 0.6) is 0 Å². The molecule has 3 N–H and O–H groups in total. The zero-order chi connectivity index (χ0) is 20.5. The fourth-order valence-electron chi connectivity index (χ4n) is 3.71. The molecule has 7 heteroatoms. The van der Waals surface area contributed by atoms with Crippen molar-refractivity contribution >= 4 is 44.4 Å². The number of carbonyl (C=O) groups is 1. The predicted octanol–water partition coefficient (Wildman–Crippen LogP) is 4.68. The van der Waals surface area contributed by atoms with Gasteiger partial charge in [-0.1, -0.05) is 12.1 Å². The SMILES string of the molecule is N=C1CCc2cc(Nc3c(C(=O)NCc4cccnc4)sc4cnccc34)ccc21. The minimum atomic E-state index is -0.134. The van der Waals surface area contributed by atoms with Gasteiger partial charge in [0.1, 0.15) is 4.88 Å². The average Bonchev–Trinajstić information content (AvgIpc) is 3.33. The normalized spacial score (nSPS) is 12.7. The van der Waals surface area contributed by atoms with Gasteiger partial charge in [-0.2, -0.15) is 0 Å². The number of amides is 1. The van der Waals surface area contributed by atoms with E-state index in [1.54, 1.807) is 24.8 Å². The molecule has 0 bridgehead atoms. The predicted molar refractivity (Wildman–Crippen MR) is 120 cm³/mol. The highest BCUT2D eigenvalue weighted by Crippen LogP contribution is 2.38. The average molecular weight is 414 g/mol. The third-order valence-corrected chi connectivity index (χ3v) is 6.36. The first-order valence-corrected chi connectivity index (χ1v) is 10.5. The number of anilines is 2. The smallest absolute Gasteiger partial charge is 0.263 e. The Morgan fingerprint density at radius 3 is 2.87 bits per heavy atom. The van der Waals surface area contributed by atoms with Crippen molar-refractivity contribution in [3.05, 3.63) is 82.8 Å². The number of pyridine rings is 2. The highest BCUT2D eigenvalue weighted by Gasteiger charge is 2.20. The van der Waals surface area contributed by atoms with Crippen LogP contribution >= 0.6 is 11.3 Å². The Bertz CT molecular complexity index is 1270. The van der Waals surface area contributed by atoms with Gasteiger partial charge in [0.15, 0.2) is 0 Å². The maximum atomic E-state index is 13.0. The molecule has 3 aromatic heterocycles. The first-order chi connectivity index (χ1) is 14.7. The number of thiophene rings is 1. The lowest BCUT2D eigenvalue weighted by Crippen LogP contribution is -2.22. The summed E-state index contributed by atoms with van der Waals surface area (Å²) in [6.45, 7) is 0.416. The van der Waals surface area contributed by atoms with E-state index >= 15 is 0 Å². The first-order valence-electron chi connectivity index (χ1n) is 9.70. The summed E-state index contributed by atoms with van der Waals surface area (Å²) in [7, 11) is 0. The van der Waals surface area contributed by atoms with E-state index < -0.39 is 0 Å². The molecule has 0 unspecified atom stereocenters. The molecule has 1 aromatic carbocycles. The van der Waals surface area contributed by atoms with Crippen molar-refractivity contribution in [1.29, 1.82) is 5.41 Å². The molecule has 30 heavy (non-hydrogen) atoms. The lowest BCUT2D eigenvalue weighted by molar-refractivity contribution is 0.0955. The molecular formula is C23H19N5OS. The quantitative estimate of drug-likeness (QED) is 0.443. The van der Waals surface area contributed by atoms with Crippen LogP contribution in [0, 0.1) is 5.41 Å². The minimum Gasteiger partial charge on any atom is -0.354 e. The van der Waals surface area contributed by atoms with E-state index in [0.29, 0.717) is 17.1 Å². The van der Waals surface area contributed by atoms with Gasteiger partial charge >= 0.3 is 0 Å². The van der Waals surface area contributed by atoms with Crippen LogP contribution < -0.4 is 10.6 Å². The Kier molecular flexibility index (Phi) is 4.72. The molecule has 0 saturated heterocycles. The van der Waals surface area contributed by atoms with Crippen LogP contribution in [0.1, 0.15) is 32.8 Å². The Balaban J connectivity index is 1.46. The van der Waals surface area contributed by atoms with Crippen molar-refractivity contribution in [2.45, 2.75) is 19.4 Å². The molecule has 1 aliphatic rings. The standard InChI is InChI=1S/C23H19N5OS/c24-19-6-3-15-10-16(4-5-17(15)19)28-21-18-7-9-26-13-20(18)30-22(21)23(29)27-12-14-2-1-8-25-11-14/h1-2,4-5,7-11,13,24,28H,3,6,12H2,(H,27,29). The number of hydrogen-bond donors (Lipinski definition) is 3. The number of carbonyl (C=O) groups excluding carboxylic acids is 1. The van der Waals surface area contributed by atoms with Gasteiger partial charge in [-0.3, -0.25) is 14.8 Å². The van der Waals surface area contributed by atoms with Crippen molar-refractivity contribution in [3.8, 4) is 0 Å². The number of benzene rings is 1. The molecule has 0 aliphatic heterocycles. The summed E-state index contributed by atoms with van der Waals surface area (Å²) in [4.78, 5) is 21.9. The van der Waals surface area contributed by atoms with E-state index in [2.05, 4.69) is 26.7 Å². The lowest BCUT2D eigenvalue weighted by Gasteiger charge is -2.11. The fourth-order valence-corrected chi connectivity index (χ4v) is 4.75. The maximum Gasteiger partial charge on any atom is 0.263 e. The molecule has 1 amide bonds. The van der Waals surface area contributed by atoms with Crippen LogP contribution in [0.2, 0.25) is 0 Å². The molecule has 0 radical (unpaired) electrons. The van der Waals surface area contributed by atoms with Crippen molar-refractivity contribution in [2.24, 2.45) is 0 Å². The van der Waals surface area contributed by atoms with Crippen LogP contribution in [-0.4, -0.2) is 21.6 Å². The molecule has 0 spiro atoms. The second-order valence-electron chi connectivity index (χ2n) is 7.20. The number of rotatable bonds is 5. The number of fused-ring (bicyclic) bond motifs is 2. The molecule has 5 rings (SSSR count). The molecule has 0 fully saturated rings. The molecule has 1 aliphatic carbocycles. The van der Waals surface area contributed by atoms with Crippen molar-refractivity contribution in [2.75, 3.05) is 5.32 Å². The number of hydrogen-bond acceptors (Lipinski definition) is 6. The summed E-state index contributed by atoms with van der Waals surface area (Å²) in [5, 5.41) is 15.4. The summed E-state index contributed by atoms with van der Waals surface area (Å²) < 4.78 is 0.953. The fraction of sp³-hybridized carbons (Fsp3) is 0.130. The summed E-state index contributed by atoms with van der Waals surface area (Å²) in [5.41, 5.74) is 5.54. The Hall–Kier alpha value is -3.58. The Morgan fingerprint density at radius 1 is 1.10 bits per heavy atom. The first kappa shape index (κ1) is 18.4. The summed E-state index contributed by atoms with van der Waals surface area (Å²) in [6.07, 6.45) is 8.65. The minimum absolute atomic E-state index is 0.134. The number of aryl methyl sites for hydroxylation is 1. The van der Waals surface area contributed by atoms with Gasteiger partial charge in [-0.15, -0.1) is 11.3 Å². The molecular weight excluding hydrogens is 394 g/mol. The van der Waals surface area contributed by atoms with E-state index in [9.17, 15) is 4.79 Å². The van der Waals surface area contributed by atoms with Crippen LogP contribution in [-0.2, 0) is 13.0 Å². The van der Waals surface area contributed by atoms with Crippen molar-refractivity contribution in [3.63, 3.8) is 0 Å². The zero-order valence-corrected chi connectivity index (χ0v) is 16.9. The molecule has 0 atom stereocenters. The highest BCUT2D eigenvalue weighted by atomic mass is 32.1. The van der Waals surface area contributed by atoms with Crippen LogP contribution in [0.15, 0.2) is 61.2 Å². The molecule has 0 saturated carbocycles. The van der Waals surface area contributed by atoms with Crippen LogP contribution in [0.25, 0.3) is 10.1 Å². The highest BCUT2D eigenvalue weighted by molar-refractivity contribution is 7.21. The second-order valence-corrected chi connectivity index (χ2v) is 8.25. The van der Waals surface area contributed by atoms with E-state index in [1.165, 1.54) is 16.9 Å². The Morgan fingerprint density at radius 2 is 2.00 bits per heavy atom. The van der Waals surface area contributed by atoms with Gasteiger partial charge in [-0.25, -0.2) is 0 Å². The molecule has 4 aromatic rings. The van der Waals surface area contributed by atoms with Gasteiger partial charge in [0.05, 0.1) is 10.4 Å². The number of aromatic nitrogens is 2. The summed E-state index contributed by atoms with van der Waals surface area (Å²) in [5.74, 6) is -0.134. The van der Waals surface area contributed by atoms with Crippen molar-refractivity contribution < 1.29 is 4.79 Å². The summed E-state index contributed by atoms with van der Waals surface area (Å²) in [6, 6.07) is 11.8. The van der Waals surface area contributed by atoms with Gasteiger partial charge < -0.3 is 16.0 Å². The third kappa shape index (κ3) is 3.44. The summed E-state index contributed by atoms with van der Waals surface area (Å²) >= 11 is 1.43. The Labute approximate surface area is 177 Å². The van der Waals surface area contributed by atoms with E-state index in [-0.39, 0.29) is 5.91 Å². The van der Waals surface area contributed by atoms with E-state index in [4.69, 9.17) is 5.41 Å². The second kappa shape index (κ2) is 7.68. The monoisotopic (exact) mass is 413 g/mol. The third-order valence-electron chi connectivity index (χ3n) is 5.22. The molecule has 6 nitrogen and oxygen atoms in total. The molecule has 148 valence electrons. The number of nitrogens with zero attached hydrogens (tertiary/aromatic N) is 2. The van der Waals surface area contributed by atoms with E-state index in [1.807, 2.05) is 30.3 Å². The van der Waals surface area contributed by atoms with Crippen LogP contribution in [0.3, 0.4) is 0 Å². The van der Waals surface area contributed by atoms with Gasteiger partial charge in [0.2, 0.25) is 0 Å². The van der Waals surface area contributed by atoms with E-state index in [0.717, 1.165) is 45.4 Å². The molecule has 3 heterocycles. The zero-order valence-electron chi connectivity index (χ0n) is 16.1. The van der Waals surface area contributed by atoms with Gasteiger partial charge in [-0.05, 0) is 53.8 Å². The van der Waals surface area contributed by atoms with Crippen LogP contribution in [0.4, 0.5) is 11.4 Å². The lowest BCUT2D eigenvalue weighted by atomic mass is 10.1. The van der Waals surface area contributed by atoms with Gasteiger partial charge in [0.25, 0.3) is 5.91 Å². The van der Waals surface area contributed by atoms with Gasteiger partial charge in [0, 0.05) is 48.1 Å². The topological polar surface area (TPSA) is 90.8 Å². The maximum absolute atomic E-state index is 13.0.